The summed E-state index contributed by atoms with van der Waals surface area (Å²) in [6.07, 6.45) is -0.858. The molecule has 0 aliphatic carbocycles. The third-order valence-corrected chi connectivity index (χ3v) is 3.27. The van der Waals surface area contributed by atoms with Gasteiger partial charge in [0.1, 0.15) is 0 Å². The molecule has 0 saturated carbocycles. The molecule has 0 unspecified atom stereocenters. The summed E-state index contributed by atoms with van der Waals surface area (Å²) in [5.41, 5.74) is 5.16. The largest absolute Gasteiger partial charge is 0.390 e. The third-order valence-electron chi connectivity index (χ3n) is 1.83. The highest BCUT2D eigenvalue weighted by molar-refractivity contribution is 7.89. The predicted octanol–water partition coefficient (Wildman–Crippen LogP) is -0.715. The van der Waals surface area contributed by atoms with Gasteiger partial charge in [0.2, 0.25) is 10.0 Å². The molecule has 0 aromatic heterocycles. The summed E-state index contributed by atoms with van der Waals surface area (Å²) in [6, 6.07) is 7.96. The van der Waals surface area contributed by atoms with Gasteiger partial charge in [-0.3, -0.25) is 0 Å². The van der Waals surface area contributed by atoms with Crippen molar-refractivity contribution in [1.29, 1.82) is 0 Å². The second-order valence-corrected chi connectivity index (χ2v) is 4.82. The van der Waals surface area contributed by atoms with Gasteiger partial charge in [0.25, 0.3) is 0 Å². The predicted molar refractivity (Wildman–Crippen MR) is 56.7 cm³/mol. The van der Waals surface area contributed by atoms with Crippen molar-refractivity contribution >= 4 is 10.0 Å². The van der Waals surface area contributed by atoms with E-state index in [1.807, 2.05) is 0 Å². The first-order valence-corrected chi connectivity index (χ1v) is 5.97. The van der Waals surface area contributed by atoms with Crippen LogP contribution in [0.4, 0.5) is 0 Å². The van der Waals surface area contributed by atoms with Gasteiger partial charge in [-0.05, 0) is 12.1 Å². The second-order valence-electron chi connectivity index (χ2n) is 3.05. The Balaban J connectivity index is 2.69. The van der Waals surface area contributed by atoms with Gasteiger partial charge in [-0.25, -0.2) is 13.1 Å². The van der Waals surface area contributed by atoms with Crippen LogP contribution in [0.3, 0.4) is 0 Å². The normalized spacial score (nSPS) is 13.7. The SMILES string of the molecule is NC[C@@H](O)CNS(=O)(=O)c1ccccc1. The van der Waals surface area contributed by atoms with E-state index in [0.29, 0.717) is 0 Å². The van der Waals surface area contributed by atoms with Crippen LogP contribution in [0, 0.1) is 0 Å². The van der Waals surface area contributed by atoms with Crippen molar-refractivity contribution in [3.8, 4) is 0 Å². The maximum absolute atomic E-state index is 11.6. The molecule has 0 aliphatic heterocycles. The molecule has 1 aromatic carbocycles. The number of hydrogen-bond donors (Lipinski definition) is 3. The van der Waals surface area contributed by atoms with E-state index < -0.39 is 16.1 Å². The molecule has 0 amide bonds. The minimum absolute atomic E-state index is 0.0251. The third kappa shape index (κ3) is 3.60. The minimum atomic E-state index is -3.53. The van der Waals surface area contributed by atoms with Gasteiger partial charge in [0.05, 0.1) is 11.0 Å². The summed E-state index contributed by atoms with van der Waals surface area (Å²) in [5.74, 6) is 0. The number of nitrogens with two attached hydrogens (primary N) is 1. The van der Waals surface area contributed by atoms with Crippen LogP contribution in [0.5, 0.6) is 0 Å². The van der Waals surface area contributed by atoms with E-state index >= 15 is 0 Å². The smallest absolute Gasteiger partial charge is 0.240 e. The summed E-state index contributed by atoms with van der Waals surface area (Å²) in [5, 5.41) is 9.12. The molecule has 0 heterocycles. The Kier molecular flexibility index (Phi) is 4.22. The van der Waals surface area contributed by atoms with Crippen LogP contribution in [-0.4, -0.2) is 32.7 Å². The average Bonchev–Trinajstić information content (AvgIpc) is 2.27. The molecule has 0 aliphatic rings. The number of aliphatic hydroxyl groups excluding tert-OH is 1. The lowest BCUT2D eigenvalue weighted by molar-refractivity contribution is 0.186. The van der Waals surface area contributed by atoms with Gasteiger partial charge >= 0.3 is 0 Å². The highest BCUT2D eigenvalue weighted by Crippen LogP contribution is 2.06. The molecule has 0 bridgehead atoms. The van der Waals surface area contributed by atoms with Gasteiger partial charge < -0.3 is 10.8 Å². The van der Waals surface area contributed by atoms with Crippen LogP contribution >= 0.6 is 0 Å². The number of rotatable bonds is 5. The molecule has 6 heteroatoms. The fourth-order valence-corrected chi connectivity index (χ4v) is 2.07. The van der Waals surface area contributed by atoms with Crippen LogP contribution in [0.1, 0.15) is 0 Å². The van der Waals surface area contributed by atoms with Gasteiger partial charge in [-0.2, -0.15) is 0 Å². The molecule has 1 atom stereocenters. The fraction of sp³-hybridized carbons (Fsp3) is 0.333. The minimum Gasteiger partial charge on any atom is -0.390 e. The number of hydrogen-bond acceptors (Lipinski definition) is 4. The lowest BCUT2D eigenvalue weighted by Crippen LogP contribution is -2.36. The van der Waals surface area contributed by atoms with Gasteiger partial charge in [-0.1, -0.05) is 18.2 Å². The van der Waals surface area contributed by atoms with Crippen LogP contribution in [0.2, 0.25) is 0 Å². The van der Waals surface area contributed by atoms with E-state index in [9.17, 15) is 8.42 Å². The van der Waals surface area contributed by atoms with Crippen molar-refractivity contribution in [2.75, 3.05) is 13.1 Å². The Morgan fingerprint density at radius 1 is 1.33 bits per heavy atom. The highest BCUT2D eigenvalue weighted by atomic mass is 32.2. The molecular formula is C9H14N2O3S. The van der Waals surface area contributed by atoms with E-state index in [2.05, 4.69) is 4.72 Å². The zero-order valence-electron chi connectivity index (χ0n) is 8.13. The summed E-state index contributed by atoms with van der Waals surface area (Å²) in [4.78, 5) is 0.175. The Morgan fingerprint density at radius 2 is 1.93 bits per heavy atom. The van der Waals surface area contributed by atoms with Crippen molar-refractivity contribution < 1.29 is 13.5 Å². The topological polar surface area (TPSA) is 92.4 Å². The molecule has 4 N–H and O–H groups in total. The number of benzene rings is 1. The maximum Gasteiger partial charge on any atom is 0.240 e. The van der Waals surface area contributed by atoms with Crippen molar-refractivity contribution in [1.82, 2.24) is 4.72 Å². The molecule has 84 valence electrons. The molecule has 0 saturated heterocycles. The molecule has 0 radical (unpaired) electrons. The van der Waals surface area contributed by atoms with Crippen LogP contribution in [0.25, 0.3) is 0 Å². The first kappa shape index (κ1) is 12.1. The lowest BCUT2D eigenvalue weighted by atomic mass is 10.4. The molecular weight excluding hydrogens is 216 g/mol. The summed E-state index contributed by atoms with van der Waals surface area (Å²) < 4.78 is 25.4. The maximum atomic E-state index is 11.6. The van der Waals surface area contributed by atoms with E-state index in [1.165, 1.54) is 12.1 Å². The summed E-state index contributed by atoms with van der Waals surface area (Å²) in [6.45, 7) is -0.0506. The molecule has 0 fully saturated rings. The van der Waals surface area contributed by atoms with E-state index in [1.54, 1.807) is 18.2 Å². The molecule has 15 heavy (non-hydrogen) atoms. The number of aliphatic hydroxyl groups is 1. The van der Waals surface area contributed by atoms with E-state index in [0.717, 1.165) is 0 Å². The average molecular weight is 230 g/mol. The lowest BCUT2D eigenvalue weighted by Gasteiger charge is -2.09. The van der Waals surface area contributed by atoms with Gasteiger partial charge in [0, 0.05) is 13.1 Å². The number of nitrogens with one attached hydrogen (secondary N) is 1. The summed E-state index contributed by atoms with van der Waals surface area (Å²) >= 11 is 0. The molecule has 1 aromatic rings. The fourth-order valence-electron chi connectivity index (χ4n) is 0.972. The quantitative estimate of drug-likeness (QED) is 0.622. The van der Waals surface area contributed by atoms with E-state index in [4.69, 9.17) is 10.8 Å². The Labute approximate surface area is 89.0 Å². The first-order valence-electron chi connectivity index (χ1n) is 4.49. The number of sulfonamides is 1. The summed E-state index contributed by atoms with van der Waals surface area (Å²) in [7, 11) is -3.53. The Bertz CT molecular complexity index is 391. The van der Waals surface area contributed by atoms with Crippen molar-refractivity contribution in [2.45, 2.75) is 11.0 Å². The standard InChI is InChI=1S/C9H14N2O3S/c10-6-8(12)7-11-15(13,14)9-4-2-1-3-5-9/h1-5,8,11-12H,6-7,10H2/t8-/m1/s1. The monoisotopic (exact) mass is 230 g/mol. The van der Waals surface area contributed by atoms with Crippen LogP contribution < -0.4 is 10.5 Å². The highest BCUT2D eigenvalue weighted by Gasteiger charge is 2.14. The van der Waals surface area contributed by atoms with Crippen molar-refractivity contribution in [2.24, 2.45) is 5.73 Å². The molecule has 5 nitrogen and oxygen atoms in total. The van der Waals surface area contributed by atoms with Crippen molar-refractivity contribution in [3.63, 3.8) is 0 Å². The Morgan fingerprint density at radius 3 is 2.47 bits per heavy atom. The zero-order valence-corrected chi connectivity index (χ0v) is 8.94. The van der Waals surface area contributed by atoms with E-state index in [-0.39, 0.29) is 18.0 Å². The Hall–Kier alpha value is -0.950. The molecule has 0 spiro atoms. The van der Waals surface area contributed by atoms with Gasteiger partial charge in [0.15, 0.2) is 0 Å². The zero-order chi connectivity index (χ0) is 11.3. The van der Waals surface area contributed by atoms with Gasteiger partial charge in [-0.15, -0.1) is 0 Å². The first-order chi connectivity index (χ1) is 7.06. The van der Waals surface area contributed by atoms with Crippen LogP contribution in [-0.2, 0) is 10.0 Å². The second kappa shape index (κ2) is 5.22. The van der Waals surface area contributed by atoms with Crippen LogP contribution in [0.15, 0.2) is 35.2 Å². The van der Waals surface area contributed by atoms with Crippen molar-refractivity contribution in [3.05, 3.63) is 30.3 Å². The molecule has 1 rings (SSSR count).